The molecule has 0 aromatic carbocycles. The van der Waals surface area contributed by atoms with E-state index >= 15 is 0 Å². The number of likely N-dealkylation sites (tertiary alicyclic amines) is 2. The van der Waals surface area contributed by atoms with Gasteiger partial charge < -0.3 is 85.5 Å². The first-order chi connectivity index (χ1) is 39.0. The summed E-state index contributed by atoms with van der Waals surface area (Å²) in [6.07, 6.45) is 1.97. The highest BCUT2D eigenvalue weighted by Crippen LogP contribution is 2.24. The number of carbonyl (C=O) groups is 13. The summed E-state index contributed by atoms with van der Waals surface area (Å²) in [7, 11) is 0. The number of nitrogens with zero attached hydrogens (tertiary/aromatic N) is 2. The molecule has 0 aromatic rings. The lowest BCUT2D eigenvalue weighted by atomic mass is 10.00. The Bertz CT molecular complexity index is 2250. The second-order valence-electron chi connectivity index (χ2n) is 22.8. The van der Waals surface area contributed by atoms with E-state index in [1.165, 1.54) is 16.7 Å². The summed E-state index contributed by atoms with van der Waals surface area (Å²) < 4.78 is 0. The van der Waals surface area contributed by atoms with Gasteiger partial charge in [-0.3, -0.25) is 57.5 Å². The first-order valence-electron chi connectivity index (χ1n) is 28.9. The lowest BCUT2D eigenvalue weighted by Gasteiger charge is -2.33. The zero-order valence-corrected chi connectivity index (χ0v) is 49.3. The summed E-state index contributed by atoms with van der Waals surface area (Å²) >= 11 is 0. The van der Waals surface area contributed by atoms with Crippen LogP contribution in [0.5, 0.6) is 0 Å². The van der Waals surface area contributed by atoms with Gasteiger partial charge in [0, 0.05) is 19.5 Å². The minimum absolute atomic E-state index is 0.0366. The van der Waals surface area contributed by atoms with Crippen LogP contribution in [-0.4, -0.2) is 190 Å². The van der Waals surface area contributed by atoms with E-state index in [4.69, 9.17) is 22.9 Å². The van der Waals surface area contributed by atoms with Crippen molar-refractivity contribution in [2.75, 3.05) is 32.7 Å². The third kappa shape index (κ3) is 25.6. The second-order valence-corrected chi connectivity index (χ2v) is 22.8. The Morgan fingerprint density at radius 3 is 1.40 bits per heavy atom. The Kier molecular flexibility index (Phi) is 31.7. The lowest BCUT2D eigenvalue weighted by Crippen LogP contribution is -2.60. The molecule has 470 valence electrons. The first kappa shape index (κ1) is 72.1. The molecule has 0 saturated carbocycles. The fourth-order valence-electron chi connectivity index (χ4n) is 9.76. The quantitative estimate of drug-likeness (QED) is 0.0275. The number of primary amides is 1. The van der Waals surface area contributed by atoms with Gasteiger partial charge >= 0.3 is 11.9 Å². The number of carbonyl (C=O) groups excluding carboxylic acids is 11. The summed E-state index contributed by atoms with van der Waals surface area (Å²) in [5.41, 5.74) is 22.0. The van der Waals surface area contributed by atoms with E-state index in [9.17, 15) is 72.5 Å². The molecule has 0 aromatic heterocycles. The number of unbranched alkanes of at least 4 members (excludes halogenated alkanes) is 2. The summed E-state index contributed by atoms with van der Waals surface area (Å²) in [5, 5.41) is 39.9. The monoisotopic (exact) mass is 1180 g/mol. The van der Waals surface area contributed by atoms with Crippen molar-refractivity contribution < 1.29 is 72.5 Å². The molecule has 2 rings (SSSR count). The van der Waals surface area contributed by atoms with Gasteiger partial charge in [0.05, 0.1) is 19.0 Å². The number of amides is 11. The molecule has 2 saturated heterocycles. The Morgan fingerprint density at radius 2 is 0.928 bits per heavy atom. The number of aliphatic carboxylic acids is 2. The number of carboxylic acid groups (broad SMARTS) is 2. The van der Waals surface area contributed by atoms with Crippen molar-refractivity contribution >= 4 is 76.9 Å². The van der Waals surface area contributed by atoms with Crippen molar-refractivity contribution in [2.45, 2.75) is 212 Å². The minimum Gasteiger partial charge on any atom is -0.481 e. The molecule has 0 spiro atoms. The van der Waals surface area contributed by atoms with Gasteiger partial charge in [0.15, 0.2) is 0 Å². The molecule has 0 bridgehead atoms. The topological polar surface area (TPSA) is 469 Å². The maximum atomic E-state index is 14.6. The summed E-state index contributed by atoms with van der Waals surface area (Å²) in [5.74, 6) is -11.4. The SMILES string of the molecule is CC(C)CC(NC(=O)C(CCC(=O)O)NC(=O)C(CC(C)C)NC(=O)C1CCCN1C(=O)C(CCCCN)NC(=O)C1CCCN1C(=O)C(CC(C)C)NC(=O)C(C)NC(=O)CNC(=O)C(N)CC(N)=O)C(=O)NC(CCCCN)C(=O)O. The van der Waals surface area contributed by atoms with Gasteiger partial charge in [0.1, 0.15) is 54.4 Å². The molecule has 11 amide bonds. The van der Waals surface area contributed by atoms with Gasteiger partial charge in [0.25, 0.3) is 0 Å². The Hall–Kier alpha value is -7.01. The van der Waals surface area contributed by atoms with Crippen LogP contribution in [0.2, 0.25) is 0 Å². The molecule has 2 heterocycles. The van der Waals surface area contributed by atoms with Crippen LogP contribution in [0.4, 0.5) is 0 Å². The highest BCUT2D eigenvalue weighted by molar-refractivity contribution is 5.99. The third-order valence-electron chi connectivity index (χ3n) is 14.0. The van der Waals surface area contributed by atoms with Crippen LogP contribution < -0.4 is 65.5 Å². The summed E-state index contributed by atoms with van der Waals surface area (Å²) in [6, 6.07) is -12.4. The molecular weight excluding hydrogens is 1080 g/mol. The molecule has 0 aliphatic carbocycles. The first-order valence-corrected chi connectivity index (χ1v) is 28.9. The molecule has 2 aliphatic rings. The average Bonchev–Trinajstić information content (AvgIpc) is 4.16. The van der Waals surface area contributed by atoms with Gasteiger partial charge in [-0.15, -0.1) is 0 Å². The molecular formula is C54H94N14O15. The van der Waals surface area contributed by atoms with Gasteiger partial charge in [-0.05, 0) is 128 Å². The molecule has 18 N–H and O–H groups in total. The lowest BCUT2D eigenvalue weighted by molar-refractivity contribution is -0.145. The van der Waals surface area contributed by atoms with E-state index in [1.54, 1.807) is 27.7 Å². The molecule has 2 aliphatic heterocycles. The molecule has 2 fully saturated rings. The molecule has 10 unspecified atom stereocenters. The van der Waals surface area contributed by atoms with E-state index in [0.29, 0.717) is 45.1 Å². The largest absolute Gasteiger partial charge is 0.481 e. The Balaban J connectivity index is 2.32. The molecule has 29 nitrogen and oxygen atoms in total. The number of rotatable bonds is 38. The normalized spacial score (nSPS) is 17.9. The van der Waals surface area contributed by atoms with Crippen LogP contribution in [0.15, 0.2) is 0 Å². The average molecular weight is 1180 g/mol. The predicted molar refractivity (Wildman–Crippen MR) is 302 cm³/mol. The van der Waals surface area contributed by atoms with E-state index in [-0.39, 0.29) is 82.3 Å². The number of nitrogens with one attached hydrogen (secondary N) is 8. The maximum absolute atomic E-state index is 14.6. The fourth-order valence-corrected chi connectivity index (χ4v) is 9.76. The molecule has 29 heteroatoms. The van der Waals surface area contributed by atoms with E-state index in [1.807, 2.05) is 13.8 Å². The minimum atomic E-state index is -1.53. The number of nitrogens with two attached hydrogens (primary N) is 4. The van der Waals surface area contributed by atoms with Crippen LogP contribution in [0.25, 0.3) is 0 Å². The Morgan fingerprint density at radius 1 is 0.506 bits per heavy atom. The van der Waals surface area contributed by atoms with Crippen molar-refractivity contribution in [3.05, 3.63) is 0 Å². The van der Waals surface area contributed by atoms with Crippen molar-refractivity contribution in [1.82, 2.24) is 52.3 Å². The van der Waals surface area contributed by atoms with Gasteiger partial charge in [-0.1, -0.05) is 41.5 Å². The summed E-state index contributed by atoms with van der Waals surface area (Å²) in [4.78, 5) is 175. The van der Waals surface area contributed by atoms with Gasteiger partial charge in [0.2, 0.25) is 65.0 Å². The Labute approximate surface area is 485 Å². The third-order valence-corrected chi connectivity index (χ3v) is 14.0. The number of carboxylic acids is 2. The summed E-state index contributed by atoms with van der Waals surface area (Å²) in [6.45, 7) is 12.4. The molecule has 0 radical (unpaired) electrons. The fraction of sp³-hybridized carbons (Fsp3) is 0.759. The zero-order chi connectivity index (χ0) is 62.7. The van der Waals surface area contributed by atoms with Crippen LogP contribution in [-0.2, 0) is 62.3 Å². The van der Waals surface area contributed by atoms with Crippen LogP contribution in [0.1, 0.15) is 151 Å². The smallest absolute Gasteiger partial charge is 0.326 e. The highest BCUT2D eigenvalue weighted by atomic mass is 16.4. The van der Waals surface area contributed by atoms with Gasteiger partial charge in [-0.2, -0.15) is 0 Å². The van der Waals surface area contributed by atoms with Crippen LogP contribution in [0.3, 0.4) is 0 Å². The molecule has 10 atom stereocenters. The predicted octanol–water partition coefficient (Wildman–Crippen LogP) is -2.95. The second kappa shape index (κ2) is 36.5. The highest BCUT2D eigenvalue weighted by Gasteiger charge is 2.43. The van der Waals surface area contributed by atoms with Crippen molar-refractivity contribution in [3.8, 4) is 0 Å². The van der Waals surface area contributed by atoms with E-state index in [0.717, 1.165) is 0 Å². The van der Waals surface area contributed by atoms with Crippen molar-refractivity contribution in [2.24, 2.45) is 40.7 Å². The maximum Gasteiger partial charge on any atom is 0.326 e. The van der Waals surface area contributed by atoms with Crippen LogP contribution >= 0.6 is 0 Å². The number of hydrogen-bond acceptors (Lipinski definition) is 16. The van der Waals surface area contributed by atoms with E-state index < -0.39 is 163 Å². The molecule has 83 heavy (non-hydrogen) atoms. The van der Waals surface area contributed by atoms with Crippen molar-refractivity contribution in [3.63, 3.8) is 0 Å². The number of hydrogen-bond donors (Lipinski definition) is 14. The standard InChI is InChI=1S/C54H94N14O15/c1-29(2)24-37(49(77)63-36(54(82)83)15-9-11-21-56)64-47(75)34(18-19-44(71)72)61-48(76)38(25-30(3)4)65-51(79)41-17-12-22-67(41)52(80)35(14-8-10-20-55)62-50(78)40-16-13-23-68(40)53(81)39(26-31(5)6)66-45(73)32(7)60-43(70)28-59-46(74)33(57)27-42(58)69/h29-41H,8-28,55-57H2,1-7H3,(H2,58,69)(H,59,74)(H,60,70)(H,61,76)(H,62,78)(H,63,77)(H,64,75)(H,65,79)(H,66,73)(H,71,72)(H,82,83). The zero-order valence-electron chi connectivity index (χ0n) is 49.3. The van der Waals surface area contributed by atoms with Gasteiger partial charge in [-0.25, -0.2) is 4.79 Å². The van der Waals surface area contributed by atoms with Crippen LogP contribution in [0, 0.1) is 17.8 Å². The van der Waals surface area contributed by atoms with E-state index in [2.05, 4.69) is 42.5 Å². The van der Waals surface area contributed by atoms with Crippen molar-refractivity contribution in [1.29, 1.82) is 0 Å².